The van der Waals surface area contributed by atoms with Gasteiger partial charge in [-0.05, 0) is 0 Å². The Bertz CT molecular complexity index is 1630. The van der Waals surface area contributed by atoms with Gasteiger partial charge in [-0.15, -0.1) is 0 Å². The summed E-state index contributed by atoms with van der Waals surface area (Å²) < 4.78 is 111. The molecule has 29 nitrogen and oxygen atoms in total. The fourth-order valence-corrected chi connectivity index (χ4v) is 7.14. The van der Waals surface area contributed by atoms with Gasteiger partial charge in [0.1, 0.15) is 97.5 Å². The van der Waals surface area contributed by atoms with Gasteiger partial charge < -0.3 is 94.9 Å². The lowest BCUT2D eigenvalue weighted by Crippen LogP contribution is -2.69. The Morgan fingerprint density at radius 1 is 0.525 bits per heavy atom. The van der Waals surface area contributed by atoms with Crippen LogP contribution in [-0.4, -0.2) is 238 Å². The van der Waals surface area contributed by atoms with Crippen molar-refractivity contribution in [3.8, 4) is 0 Å². The van der Waals surface area contributed by atoms with E-state index in [0.29, 0.717) is 0 Å². The Morgan fingerprint density at radius 2 is 0.966 bits per heavy atom. The lowest BCUT2D eigenvalue weighted by atomic mass is 9.94. The topological polar surface area (TPSA) is 452 Å². The molecule has 4 rings (SSSR count). The zero-order chi connectivity index (χ0) is 44.3. The number of ether oxygens (including phenoxy) is 7. The Kier molecular flexibility index (Phi) is 17.2. The van der Waals surface area contributed by atoms with Gasteiger partial charge in [-0.3, -0.25) is 18.7 Å². The molecule has 4 aliphatic heterocycles. The summed E-state index contributed by atoms with van der Waals surface area (Å²) in [6.07, 6.45) is -35.1. The van der Waals surface area contributed by atoms with Crippen LogP contribution in [0.15, 0.2) is 0 Å². The van der Waals surface area contributed by atoms with Crippen molar-refractivity contribution in [2.24, 2.45) is 0 Å². The zero-order valence-corrected chi connectivity index (χ0v) is 32.3. The van der Waals surface area contributed by atoms with Gasteiger partial charge in [0.25, 0.3) is 0 Å². The summed E-state index contributed by atoms with van der Waals surface area (Å²) in [7, 11) is -10.4. The van der Waals surface area contributed by atoms with Gasteiger partial charge in [0.15, 0.2) is 25.2 Å². The second kappa shape index (κ2) is 20.5. The van der Waals surface area contributed by atoms with Crippen molar-refractivity contribution in [2.75, 3.05) is 26.4 Å². The van der Waals surface area contributed by atoms with E-state index in [-0.39, 0.29) is 0 Å². The fourth-order valence-electron chi connectivity index (χ4n) is 6.53. The van der Waals surface area contributed by atoms with Crippen molar-refractivity contribution >= 4 is 32.6 Å². The van der Waals surface area contributed by atoms with Crippen LogP contribution in [0.4, 0.5) is 0 Å². The molecule has 4 aliphatic rings. The van der Waals surface area contributed by atoms with Crippen molar-refractivity contribution in [2.45, 2.75) is 137 Å². The Balaban J connectivity index is 1.59. The lowest BCUT2D eigenvalue weighted by Gasteiger charge is -2.48. The number of carbonyl (C=O) groups is 2. The molecule has 59 heavy (non-hydrogen) atoms. The second-order valence-corrected chi connectivity index (χ2v) is 15.9. The SMILES string of the molecule is CC(=O)N[C@H]1[C@H](OC[C@H]2OC(O)[C@H](NC(C)=O)[C@@H](O[C@@H]3O[C@H](CO)[C@H](O)[C@H](O)[C@H]3O)[C@H]2O)O[C@H](COS(=O)(=O)O)[C@@H](O[C@@H]2O[C@H](COS(=O)(=O)O)[C@H](O)[C@H](O)[C@H]2O)[C@@H]1O. The lowest BCUT2D eigenvalue weighted by molar-refractivity contribution is -0.355. The minimum Gasteiger partial charge on any atom is -0.394 e. The van der Waals surface area contributed by atoms with E-state index in [0.717, 1.165) is 13.8 Å². The molecule has 2 amide bonds. The molecule has 31 heteroatoms. The molecule has 0 spiro atoms. The van der Waals surface area contributed by atoms with Gasteiger partial charge in [-0.1, -0.05) is 0 Å². The van der Waals surface area contributed by atoms with E-state index < -0.39 is 182 Å². The average Bonchev–Trinajstić information content (AvgIpc) is 3.13. The molecule has 0 bridgehead atoms. The molecule has 0 saturated carbocycles. The third-order valence-electron chi connectivity index (χ3n) is 9.39. The molecule has 4 heterocycles. The highest BCUT2D eigenvalue weighted by Gasteiger charge is 2.54. The minimum atomic E-state index is -5.27. The van der Waals surface area contributed by atoms with Crippen molar-refractivity contribution < 1.29 is 128 Å². The maximum atomic E-state index is 12.3. The highest BCUT2D eigenvalue weighted by Crippen LogP contribution is 2.33. The molecule has 4 fully saturated rings. The third-order valence-corrected chi connectivity index (χ3v) is 10.3. The summed E-state index contributed by atoms with van der Waals surface area (Å²) in [5.74, 6) is -1.65. The molecular weight excluding hydrogens is 860 g/mol. The number of hydrogen-bond donors (Lipinski definition) is 14. The standard InChI is InChI=1S/C28H48N2O27S2/c1-7(32)29-13-18(37)23(56-28-22(41)20(39)16(35)11(54-28)5-50-58(43,44)45)12(6-51-59(46,47)48)55-26(13)49-4-10-17(36)24(14(25(42)52-10)30-8(2)33)57-27-21(40)19(38)15(34)9(3-31)53-27/h9-28,31,34-42H,3-6H2,1-2H3,(H,29,32)(H,30,33)(H,43,44,45)(H,46,47,48)/t9-,10-,11-,12-,13-,14-,15+,16+,17+,18-,19+,20+,21-,22-,23-,24-,25?,26-,27+,28+/m1/s1. The summed E-state index contributed by atoms with van der Waals surface area (Å²) in [5, 5.41) is 110. The van der Waals surface area contributed by atoms with E-state index in [1.54, 1.807) is 0 Å². The number of aliphatic hydroxyl groups is 10. The second-order valence-electron chi connectivity index (χ2n) is 13.7. The molecular formula is C28H48N2O27S2. The molecule has 0 aromatic carbocycles. The number of amides is 2. The molecule has 4 saturated heterocycles. The number of nitrogens with one attached hydrogen (secondary N) is 2. The van der Waals surface area contributed by atoms with E-state index >= 15 is 0 Å². The van der Waals surface area contributed by atoms with Crippen LogP contribution in [0.5, 0.6) is 0 Å². The monoisotopic (exact) mass is 908 g/mol. The van der Waals surface area contributed by atoms with Crippen LogP contribution in [0.2, 0.25) is 0 Å². The summed E-state index contributed by atoms with van der Waals surface area (Å²) in [4.78, 5) is 24.3. The largest absolute Gasteiger partial charge is 0.397 e. The van der Waals surface area contributed by atoms with Crippen LogP contribution in [0, 0.1) is 0 Å². The first-order chi connectivity index (χ1) is 27.3. The summed E-state index contributed by atoms with van der Waals surface area (Å²) in [5.41, 5.74) is 0. The summed E-state index contributed by atoms with van der Waals surface area (Å²) >= 11 is 0. The quantitative estimate of drug-likeness (QED) is 0.0639. The van der Waals surface area contributed by atoms with Crippen LogP contribution in [0.3, 0.4) is 0 Å². The highest BCUT2D eigenvalue weighted by molar-refractivity contribution is 7.81. The average molecular weight is 909 g/mol. The molecule has 0 aliphatic carbocycles. The van der Waals surface area contributed by atoms with E-state index in [1.807, 2.05) is 0 Å². The van der Waals surface area contributed by atoms with Crippen LogP contribution in [-0.2, 0) is 71.9 Å². The molecule has 344 valence electrons. The van der Waals surface area contributed by atoms with Crippen molar-refractivity contribution in [1.82, 2.24) is 10.6 Å². The van der Waals surface area contributed by atoms with Gasteiger partial charge >= 0.3 is 20.8 Å². The molecule has 0 aromatic heterocycles. The fraction of sp³-hybridized carbons (Fsp3) is 0.929. The van der Waals surface area contributed by atoms with Crippen LogP contribution >= 0.6 is 0 Å². The third kappa shape index (κ3) is 12.8. The van der Waals surface area contributed by atoms with E-state index in [9.17, 15) is 82.0 Å². The summed E-state index contributed by atoms with van der Waals surface area (Å²) in [6, 6.07) is -3.39. The Morgan fingerprint density at radius 3 is 1.47 bits per heavy atom. The van der Waals surface area contributed by atoms with Crippen molar-refractivity contribution in [3.63, 3.8) is 0 Å². The molecule has 0 aromatic rings. The van der Waals surface area contributed by atoms with E-state index in [4.69, 9.17) is 37.7 Å². The van der Waals surface area contributed by atoms with Crippen LogP contribution < -0.4 is 10.6 Å². The highest BCUT2D eigenvalue weighted by atomic mass is 32.3. The molecule has 0 radical (unpaired) electrons. The normalized spacial score (nSPS) is 43.5. The molecule has 20 atom stereocenters. The number of rotatable bonds is 16. The van der Waals surface area contributed by atoms with Crippen LogP contribution in [0.25, 0.3) is 0 Å². The molecule has 14 N–H and O–H groups in total. The van der Waals surface area contributed by atoms with E-state index in [2.05, 4.69) is 19.0 Å². The van der Waals surface area contributed by atoms with E-state index in [1.165, 1.54) is 0 Å². The van der Waals surface area contributed by atoms with Crippen molar-refractivity contribution in [3.05, 3.63) is 0 Å². The maximum Gasteiger partial charge on any atom is 0.397 e. The maximum absolute atomic E-state index is 12.3. The number of hydrogen-bond acceptors (Lipinski definition) is 25. The van der Waals surface area contributed by atoms with Crippen LogP contribution in [0.1, 0.15) is 13.8 Å². The Hall–Kier alpha value is -2.00. The van der Waals surface area contributed by atoms with Gasteiger partial charge in [0.2, 0.25) is 11.8 Å². The molecule has 1 unspecified atom stereocenters. The number of carbonyl (C=O) groups excluding carboxylic acids is 2. The Labute approximate surface area is 334 Å². The minimum absolute atomic E-state index is 0.779. The predicted molar refractivity (Wildman–Crippen MR) is 178 cm³/mol. The zero-order valence-electron chi connectivity index (χ0n) is 30.7. The first-order valence-electron chi connectivity index (χ1n) is 17.4. The summed E-state index contributed by atoms with van der Waals surface area (Å²) in [6.45, 7) is -2.16. The predicted octanol–water partition coefficient (Wildman–Crippen LogP) is -9.81. The number of aliphatic hydroxyl groups excluding tert-OH is 10. The van der Waals surface area contributed by atoms with Crippen molar-refractivity contribution in [1.29, 1.82) is 0 Å². The first-order valence-corrected chi connectivity index (χ1v) is 20.1. The van der Waals surface area contributed by atoms with Gasteiger partial charge in [-0.2, -0.15) is 16.8 Å². The van der Waals surface area contributed by atoms with Gasteiger partial charge in [-0.25, -0.2) is 8.37 Å². The smallest absolute Gasteiger partial charge is 0.394 e. The first kappa shape index (κ1) is 49.7. The van der Waals surface area contributed by atoms with Gasteiger partial charge in [0.05, 0.1) is 26.4 Å². The van der Waals surface area contributed by atoms with Gasteiger partial charge in [0, 0.05) is 13.8 Å².